The van der Waals surface area contributed by atoms with Crippen molar-refractivity contribution in [3.63, 3.8) is 0 Å². The van der Waals surface area contributed by atoms with E-state index in [9.17, 15) is 0 Å². The van der Waals surface area contributed by atoms with Gasteiger partial charge in [-0.3, -0.25) is 0 Å². The minimum atomic E-state index is 0.627. The van der Waals surface area contributed by atoms with Crippen molar-refractivity contribution in [3.05, 3.63) is 36.9 Å². The maximum Gasteiger partial charge on any atom is 0.181 e. The van der Waals surface area contributed by atoms with E-state index < -0.39 is 0 Å². The van der Waals surface area contributed by atoms with Crippen molar-refractivity contribution in [3.8, 4) is 11.3 Å². The molecule has 1 N–H and O–H groups in total. The fraction of sp³-hybridized carbons (Fsp3) is 0.100. The topological polar surface area (TPSA) is 38.1 Å². The minimum Gasteiger partial charge on any atom is -0.444 e. The summed E-state index contributed by atoms with van der Waals surface area (Å²) in [4.78, 5) is 3.86. The molecule has 14 heavy (non-hydrogen) atoms. The van der Waals surface area contributed by atoms with E-state index in [4.69, 9.17) is 4.42 Å². The smallest absolute Gasteiger partial charge is 0.181 e. The Morgan fingerprint density at radius 1 is 1.29 bits per heavy atom. The van der Waals surface area contributed by atoms with Crippen LogP contribution in [-0.2, 0) is 0 Å². The predicted molar refractivity (Wildman–Crippen MR) is 59.4 cm³/mol. The molecule has 0 spiro atoms. The molecule has 0 atom stereocenters. The summed E-state index contributed by atoms with van der Waals surface area (Å²) in [7, 11) is 0. The van der Waals surface area contributed by atoms with Crippen molar-refractivity contribution in [2.45, 2.75) is 0 Å². The second-order valence-corrected chi connectivity index (χ2v) is 3.09. The standard InChI is InChI=1S/C10H10N2OS/c14-7-12-9-3-1-8(2-4-9)10-5-11-6-13-10/h1-6,12,14H,7H2. The summed E-state index contributed by atoms with van der Waals surface area (Å²) in [5.41, 5.74) is 2.07. The van der Waals surface area contributed by atoms with Crippen molar-refractivity contribution in [2.75, 3.05) is 11.2 Å². The van der Waals surface area contributed by atoms with Gasteiger partial charge in [-0.1, -0.05) is 0 Å². The summed E-state index contributed by atoms with van der Waals surface area (Å²) < 4.78 is 5.17. The predicted octanol–water partition coefficient (Wildman–Crippen LogP) is 2.64. The maximum absolute atomic E-state index is 5.17. The lowest BCUT2D eigenvalue weighted by atomic mass is 10.2. The van der Waals surface area contributed by atoms with Crippen LogP contribution < -0.4 is 5.32 Å². The molecule has 0 unspecified atom stereocenters. The first-order chi connectivity index (χ1) is 6.90. The van der Waals surface area contributed by atoms with Gasteiger partial charge in [0.1, 0.15) is 0 Å². The summed E-state index contributed by atoms with van der Waals surface area (Å²) in [5, 5.41) is 3.10. The van der Waals surface area contributed by atoms with Gasteiger partial charge in [-0.2, -0.15) is 12.6 Å². The average Bonchev–Trinajstić information content (AvgIpc) is 2.72. The Morgan fingerprint density at radius 3 is 2.64 bits per heavy atom. The Labute approximate surface area is 87.6 Å². The molecule has 72 valence electrons. The van der Waals surface area contributed by atoms with Crippen molar-refractivity contribution in [1.82, 2.24) is 4.98 Å². The molecular weight excluding hydrogens is 196 g/mol. The highest BCUT2D eigenvalue weighted by molar-refractivity contribution is 7.80. The van der Waals surface area contributed by atoms with Gasteiger partial charge in [0.15, 0.2) is 12.2 Å². The molecule has 2 rings (SSSR count). The van der Waals surface area contributed by atoms with Crippen molar-refractivity contribution in [2.24, 2.45) is 0 Å². The lowest BCUT2D eigenvalue weighted by molar-refractivity contribution is 0.572. The third kappa shape index (κ3) is 1.90. The van der Waals surface area contributed by atoms with E-state index in [1.54, 1.807) is 6.20 Å². The first-order valence-corrected chi connectivity index (χ1v) is 4.87. The molecule has 0 bridgehead atoms. The van der Waals surface area contributed by atoms with Gasteiger partial charge in [0.05, 0.1) is 12.1 Å². The first kappa shape index (κ1) is 9.15. The average molecular weight is 206 g/mol. The van der Waals surface area contributed by atoms with E-state index in [2.05, 4.69) is 22.9 Å². The molecule has 0 aliphatic carbocycles. The fourth-order valence-corrected chi connectivity index (χ4v) is 1.38. The molecule has 0 aliphatic heterocycles. The number of aromatic nitrogens is 1. The zero-order valence-electron chi connectivity index (χ0n) is 7.47. The molecule has 1 aromatic carbocycles. The molecule has 0 saturated carbocycles. The highest BCUT2D eigenvalue weighted by atomic mass is 32.1. The fourth-order valence-electron chi connectivity index (χ4n) is 1.20. The van der Waals surface area contributed by atoms with E-state index in [0.29, 0.717) is 5.88 Å². The van der Waals surface area contributed by atoms with Crippen LogP contribution in [0.15, 0.2) is 41.3 Å². The van der Waals surface area contributed by atoms with E-state index >= 15 is 0 Å². The van der Waals surface area contributed by atoms with E-state index in [0.717, 1.165) is 17.0 Å². The SMILES string of the molecule is SCNc1ccc(-c2cnco2)cc1. The normalized spacial score (nSPS) is 10.1. The van der Waals surface area contributed by atoms with Crippen molar-refractivity contribution < 1.29 is 4.42 Å². The third-order valence-electron chi connectivity index (χ3n) is 1.88. The number of thiol groups is 1. The van der Waals surface area contributed by atoms with E-state index in [1.165, 1.54) is 6.39 Å². The number of rotatable bonds is 3. The Kier molecular flexibility index (Phi) is 2.74. The molecule has 2 aromatic rings. The molecule has 0 fully saturated rings. The molecule has 0 amide bonds. The van der Waals surface area contributed by atoms with Gasteiger partial charge in [-0.25, -0.2) is 4.98 Å². The minimum absolute atomic E-state index is 0.627. The molecule has 1 aromatic heterocycles. The highest BCUT2D eigenvalue weighted by Gasteiger charge is 1.99. The Balaban J connectivity index is 2.22. The van der Waals surface area contributed by atoms with Gasteiger partial charge in [0.2, 0.25) is 0 Å². The van der Waals surface area contributed by atoms with Crippen LogP contribution in [0.25, 0.3) is 11.3 Å². The van der Waals surface area contributed by atoms with Gasteiger partial charge < -0.3 is 9.73 Å². The largest absolute Gasteiger partial charge is 0.444 e. The van der Waals surface area contributed by atoms with Crippen LogP contribution in [0.3, 0.4) is 0 Å². The number of hydrogen-bond donors (Lipinski definition) is 2. The molecule has 3 nitrogen and oxygen atoms in total. The van der Waals surface area contributed by atoms with Gasteiger partial charge >= 0.3 is 0 Å². The quantitative estimate of drug-likeness (QED) is 0.599. The number of hydrogen-bond acceptors (Lipinski definition) is 4. The molecule has 1 heterocycles. The number of oxazole rings is 1. The van der Waals surface area contributed by atoms with Crippen LogP contribution in [0.5, 0.6) is 0 Å². The highest BCUT2D eigenvalue weighted by Crippen LogP contribution is 2.20. The van der Waals surface area contributed by atoms with Crippen LogP contribution in [0.4, 0.5) is 5.69 Å². The van der Waals surface area contributed by atoms with Crippen LogP contribution in [-0.4, -0.2) is 10.9 Å². The second-order valence-electron chi connectivity index (χ2n) is 2.78. The summed E-state index contributed by atoms with van der Waals surface area (Å²) in [6.07, 6.45) is 3.12. The van der Waals surface area contributed by atoms with Gasteiger partial charge in [-0.05, 0) is 24.3 Å². The summed E-state index contributed by atoms with van der Waals surface area (Å²) in [5.74, 6) is 1.41. The van der Waals surface area contributed by atoms with Gasteiger partial charge in [0.25, 0.3) is 0 Å². The Morgan fingerprint density at radius 2 is 2.07 bits per heavy atom. The second kappa shape index (κ2) is 4.19. The number of nitrogens with zero attached hydrogens (tertiary/aromatic N) is 1. The number of nitrogens with one attached hydrogen (secondary N) is 1. The zero-order valence-corrected chi connectivity index (χ0v) is 8.37. The number of anilines is 1. The summed E-state index contributed by atoms with van der Waals surface area (Å²) >= 11 is 4.08. The molecule has 0 saturated heterocycles. The van der Waals surface area contributed by atoms with Gasteiger partial charge in [0, 0.05) is 11.3 Å². The summed E-state index contributed by atoms with van der Waals surface area (Å²) in [6, 6.07) is 7.92. The number of benzene rings is 1. The van der Waals surface area contributed by atoms with Crippen molar-refractivity contribution >= 4 is 18.3 Å². The molecule has 0 aliphatic rings. The van der Waals surface area contributed by atoms with Gasteiger partial charge in [-0.15, -0.1) is 0 Å². The molecule has 4 heteroatoms. The third-order valence-corrected chi connectivity index (χ3v) is 2.04. The Hall–Kier alpha value is -1.42. The zero-order chi connectivity index (χ0) is 9.80. The van der Waals surface area contributed by atoms with Crippen LogP contribution >= 0.6 is 12.6 Å². The van der Waals surface area contributed by atoms with Crippen LogP contribution in [0, 0.1) is 0 Å². The molecular formula is C10H10N2OS. The lowest BCUT2D eigenvalue weighted by Crippen LogP contribution is -1.93. The van der Waals surface area contributed by atoms with E-state index in [-0.39, 0.29) is 0 Å². The van der Waals surface area contributed by atoms with Crippen LogP contribution in [0.1, 0.15) is 0 Å². The van der Waals surface area contributed by atoms with E-state index in [1.807, 2.05) is 24.3 Å². The Bertz CT molecular complexity index is 383. The van der Waals surface area contributed by atoms with Crippen LogP contribution in [0.2, 0.25) is 0 Å². The molecule has 0 radical (unpaired) electrons. The summed E-state index contributed by atoms with van der Waals surface area (Å²) in [6.45, 7) is 0. The lowest BCUT2D eigenvalue weighted by Gasteiger charge is -2.02. The monoisotopic (exact) mass is 206 g/mol. The maximum atomic E-state index is 5.17. The first-order valence-electron chi connectivity index (χ1n) is 4.24. The van der Waals surface area contributed by atoms with Crippen molar-refractivity contribution in [1.29, 1.82) is 0 Å².